The van der Waals surface area contributed by atoms with Crippen molar-refractivity contribution in [1.29, 1.82) is 0 Å². The first-order valence-corrected chi connectivity index (χ1v) is 6.85. The van der Waals surface area contributed by atoms with Crippen LogP contribution in [0.15, 0.2) is 0 Å². The molecule has 1 unspecified atom stereocenters. The van der Waals surface area contributed by atoms with Gasteiger partial charge in [-0.1, -0.05) is 13.8 Å². The van der Waals surface area contributed by atoms with Crippen LogP contribution in [-0.4, -0.2) is 54.1 Å². The van der Waals surface area contributed by atoms with Crippen LogP contribution in [-0.2, 0) is 9.59 Å². The Kier molecular flexibility index (Phi) is 8.35. The third kappa shape index (κ3) is 6.40. The van der Waals surface area contributed by atoms with Gasteiger partial charge in [0.05, 0.1) is 5.92 Å². The van der Waals surface area contributed by atoms with Crippen molar-refractivity contribution in [2.24, 2.45) is 11.8 Å². The second kappa shape index (κ2) is 9.17. The van der Waals surface area contributed by atoms with E-state index < -0.39 is 17.9 Å². The normalized spacial score (nSPS) is 11.8. The van der Waals surface area contributed by atoms with Gasteiger partial charge in [0.15, 0.2) is 0 Å². The van der Waals surface area contributed by atoms with Crippen molar-refractivity contribution in [2.45, 2.75) is 27.7 Å². The minimum atomic E-state index is -0.938. The van der Waals surface area contributed by atoms with E-state index in [4.69, 9.17) is 5.11 Å². The van der Waals surface area contributed by atoms with Crippen LogP contribution in [0.1, 0.15) is 27.7 Å². The zero-order valence-electron chi connectivity index (χ0n) is 12.6. The van der Waals surface area contributed by atoms with Crippen molar-refractivity contribution in [3.8, 4) is 0 Å². The summed E-state index contributed by atoms with van der Waals surface area (Å²) < 4.78 is 0. The molecule has 0 fully saturated rings. The number of nitrogens with one attached hydrogen (secondary N) is 2. The van der Waals surface area contributed by atoms with Crippen LogP contribution >= 0.6 is 0 Å². The molecule has 0 bridgehead atoms. The van der Waals surface area contributed by atoms with Crippen molar-refractivity contribution in [3.05, 3.63) is 0 Å². The standard InChI is InChI=1S/C13H25N3O4/c1-5-14-11(17)8-16(6-2)13(20)15-7-10(9(3)4)12(18)19/h9-10H,5-8H2,1-4H3,(H,14,17)(H,15,20)(H,18,19). The predicted molar refractivity (Wildman–Crippen MR) is 75.3 cm³/mol. The summed E-state index contributed by atoms with van der Waals surface area (Å²) in [4.78, 5) is 35.7. The summed E-state index contributed by atoms with van der Waals surface area (Å²) in [5.74, 6) is -1.89. The number of hydrogen-bond acceptors (Lipinski definition) is 3. The molecule has 20 heavy (non-hydrogen) atoms. The number of rotatable bonds is 8. The molecule has 0 radical (unpaired) electrons. The molecule has 7 nitrogen and oxygen atoms in total. The van der Waals surface area contributed by atoms with E-state index in [0.29, 0.717) is 13.1 Å². The zero-order valence-corrected chi connectivity index (χ0v) is 12.6. The third-order valence-corrected chi connectivity index (χ3v) is 2.97. The van der Waals surface area contributed by atoms with Gasteiger partial charge in [0.2, 0.25) is 5.91 Å². The quantitative estimate of drug-likeness (QED) is 0.605. The highest BCUT2D eigenvalue weighted by Gasteiger charge is 2.23. The van der Waals surface area contributed by atoms with Gasteiger partial charge in [-0.2, -0.15) is 0 Å². The summed E-state index contributed by atoms with van der Waals surface area (Å²) in [5.41, 5.74) is 0. The Morgan fingerprint density at radius 2 is 1.75 bits per heavy atom. The second-order valence-electron chi connectivity index (χ2n) is 4.84. The number of urea groups is 1. The number of carbonyl (C=O) groups is 3. The summed E-state index contributed by atoms with van der Waals surface area (Å²) in [6.07, 6.45) is 0. The molecule has 0 saturated heterocycles. The minimum absolute atomic E-state index is 0.0322. The summed E-state index contributed by atoms with van der Waals surface area (Å²) in [6, 6.07) is -0.425. The van der Waals surface area contributed by atoms with Gasteiger partial charge in [-0.05, 0) is 19.8 Å². The Bertz CT molecular complexity index is 345. The first-order chi connectivity index (χ1) is 9.33. The highest BCUT2D eigenvalue weighted by atomic mass is 16.4. The van der Waals surface area contributed by atoms with Gasteiger partial charge in [-0.3, -0.25) is 9.59 Å². The number of carboxylic acid groups (broad SMARTS) is 1. The fourth-order valence-electron chi connectivity index (χ4n) is 1.67. The third-order valence-electron chi connectivity index (χ3n) is 2.97. The lowest BCUT2D eigenvalue weighted by Crippen LogP contribution is -2.47. The Balaban J connectivity index is 4.41. The number of carboxylic acids is 1. The molecule has 0 aliphatic heterocycles. The zero-order chi connectivity index (χ0) is 15.7. The molecule has 0 aromatic rings. The molecule has 0 saturated carbocycles. The molecule has 1 atom stereocenters. The van der Waals surface area contributed by atoms with Gasteiger partial charge in [-0.25, -0.2) is 4.79 Å². The minimum Gasteiger partial charge on any atom is -0.481 e. The van der Waals surface area contributed by atoms with Crippen molar-refractivity contribution >= 4 is 17.9 Å². The van der Waals surface area contributed by atoms with Gasteiger partial charge in [0.25, 0.3) is 0 Å². The molecule has 0 aliphatic rings. The monoisotopic (exact) mass is 287 g/mol. The highest BCUT2D eigenvalue weighted by molar-refractivity contribution is 5.84. The summed E-state index contributed by atoms with van der Waals surface area (Å²) in [5, 5.41) is 14.2. The van der Waals surface area contributed by atoms with E-state index in [0.717, 1.165) is 0 Å². The molecule has 0 heterocycles. The van der Waals surface area contributed by atoms with Gasteiger partial charge in [-0.15, -0.1) is 0 Å². The number of likely N-dealkylation sites (N-methyl/N-ethyl adjacent to an activating group) is 2. The van der Waals surface area contributed by atoms with E-state index in [9.17, 15) is 14.4 Å². The van der Waals surface area contributed by atoms with E-state index in [1.165, 1.54) is 4.90 Å². The molecule has 0 aromatic carbocycles. The molecule has 7 heteroatoms. The largest absolute Gasteiger partial charge is 0.481 e. The Labute approximate surface area is 119 Å². The Morgan fingerprint density at radius 3 is 2.15 bits per heavy atom. The highest BCUT2D eigenvalue weighted by Crippen LogP contribution is 2.09. The van der Waals surface area contributed by atoms with E-state index in [2.05, 4.69) is 10.6 Å². The molecule has 0 rings (SSSR count). The smallest absolute Gasteiger partial charge is 0.317 e. The number of amides is 3. The lowest BCUT2D eigenvalue weighted by molar-refractivity contribution is -0.143. The maximum Gasteiger partial charge on any atom is 0.317 e. The summed E-state index contributed by atoms with van der Waals surface area (Å²) in [7, 11) is 0. The number of aliphatic carboxylic acids is 1. The molecule has 0 spiro atoms. The van der Waals surface area contributed by atoms with Gasteiger partial charge >= 0.3 is 12.0 Å². The van der Waals surface area contributed by atoms with Crippen LogP contribution in [0.2, 0.25) is 0 Å². The Hall–Kier alpha value is -1.79. The first kappa shape index (κ1) is 18.2. The summed E-state index contributed by atoms with van der Waals surface area (Å²) >= 11 is 0. The lowest BCUT2D eigenvalue weighted by atomic mass is 9.96. The molecule has 3 amide bonds. The SMILES string of the molecule is CCNC(=O)CN(CC)C(=O)NCC(C(=O)O)C(C)C. The lowest BCUT2D eigenvalue weighted by Gasteiger charge is -2.23. The molecular formula is C13H25N3O4. The maximum absolute atomic E-state index is 11.9. The predicted octanol–water partition coefficient (Wildman–Crippen LogP) is 0.511. The van der Waals surface area contributed by atoms with Crippen LogP contribution < -0.4 is 10.6 Å². The van der Waals surface area contributed by atoms with E-state index in [-0.39, 0.29) is 24.9 Å². The average molecular weight is 287 g/mol. The fourth-order valence-corrected chi connectivity index (χ4v) is 1.67. The molecule has 3 N–H and O–H groups in total. The van der Waals surface area contributed by atoms with Crippen LogP contribution in [0.25, 0.3) is 0 Å². The summed E-state index contributed by atoms with van der Waals surface area (Å²) in [6.45, 7) is 8.04. The molecule has 0 aliphatic carbocycles. The topological polar surface area (TPSA) is 98.7 Å². The van der Waals surface area contributed by atoms with E-state index in [1.54, 1.807) is 27.7 Å². The van der Waals surface area contributed by atoms with Crippen LogP contribution in [0, 0.1) is 11.8 Å². The van der Waals surface area contributed by atoms with Crippen LogP contribution in [0.3, 0.4) is 0 Å². The van der Waals surface area contributed by atoms with E-state index in [1.807, 2.05) is 0 Å². The van der Waals surface area contributed by atoms with Crippen molar-refractivity contribution < 1.29 is 19.5 Å². The maximum atomic E-state index is 11.9. The van der Waals surface area contributed by atoms with Crippen molar-refractivity contribution in [1.82, 2.24) is 15.5 Å². The molecule has 116 valence electrons. The molecular weight excluding hydrogens is 262 g/mol. The number of carbonyl (C=O) groups excluding carboxylic acids is 2. The van der Waals surface area contributed by atoms with E-state index >= 15 is 0 Å². The van der Waals surface area contributed by atoms with Gasteiger partial charge < -0.3 is 20.6 Å². The average Bonchev–Trinajstić information content (AvgIpc) is 2.35. The fraction of sp³-hybridized carbons (Fsp3) is 0.769. The first-order valence-electron chi connectivity index (χ1n) is 6.85. The van der Waals surface area contributed by atoms with Crippen molar-refractivity contribution in [3.63, 3.8) is 0 Å². The Morgan fingerprint density at radius 1 is 1.15 bits per heavy atom. The molecule has 0 aromatic heterocycles. The van der Waals surface area contributed by atoms with Crippen molar-refractivity contribution in [2.75, 3.05) is 26.2 Å². The van der Waals surface area contributed by atoms with Gasteiger partial charge in [0, 0.05) is 19.6 Å². The second-order valence-corrected chi connectivity index (χ2v) is 4.84. The number of nitrogens with zero attached hydrogens (tertiary/aromatic N) is 1. The van der Waals surface area contributed by atoms with Crippen LogP contribution in [0.4, 0.5) is 4.79 Å². The van der Waals surface area contributed by atoms with Gasteiger partial charge in [0.1, 0.15) is 6.54 Å². The number of hydrogen-bond donors (Lipinski definition) is 3. The van der Waals surface area contributed by atoms with Crippen LogP contribution in [0.5, 0.6) is 0 Å².